The Morgan fingerprint density at radius 2 is 2.10 bits per heavy atom. The number of rotatable bonds is 4. The lowest BCUT2D eigenvalue weighted by Crippen LogP contribution is -2.46. The molecule has 0 radical (unpaired) electrons. The standard InChI is InChI=1S/C15H22N4S/c1-13(15-3-8-20-12-15)19-6-4-18(5-7-19)11-14-9-16-17(2)10-14/h3,8-10,12-13H,4-7,11H2,1-2H3/t13-/m0/s1. The summed E-state index contributed by atoms with van der Waals surface area (Å²) in [7, 11) is 1.98. The SMILES string of the molecule is C[C@@H](c1ccsc1)N1CCN(Cc2cnn(C)c2)CC1. The molecule has 4 nitrogen and oxygen atoms in total. The fraction of sp³-hybridized carbons (Fsp3) is 0.533. The molecule has 3 rings (SSSR count). The van der Waals surface area contributed by atoms with Crippen molar-refractivity contribution in [3.8, 4) is 0 Å². The molecule has 0 spiro atoms. The van der Waals surface area contributed by atoms with Crippen molar-refractivity contribution in [2.75, 3.05) is 26.2 Å². The second kappa shape index (κ2) is 6.08. The minimum atomic E-state index is 0.543. The van der Waals surface area contributed by atoms with Crippen molar-refractivity contribution in [1.82, 2.24) is 19.6 Å². The lowest BCUT2D eigenvalue weighted by Gasteiger charge is -2.37. The quantitative estimate of drug-likeness (QED) is 0.864. The van der Waals surface area contributed by atoms with E-state index in [0.717, 1.165) is 32.7 Å². The zero-order chi connectivity index (χ0) is 13.9. The third-order valence-corrected chi connectivity index (χ3v) is 4.85. The van der Waals surface area contributed by atoms with Gasteiger partial charge in [-0.2, -0.15) is 16.4 Å². The van der Waals surface area contributed by atoms with E-state index in [1.165, 1.54) is 11.1 Å². The van der Waals surface area contributed by atoms with Crippen LogP contribution in [-0.2, 0) is 13.6 Å². The highest BCUT2D eigenvalue weighted by molar-refractivity contribution is 7.07. The summed E-state index contributed by atoms with van der Waals surface area (Å²) in [6.07, 6.45) is 4.08. The van der Waals surface area contributed by atoms with Crippen LogP contribution in [0.4, 0.5) is 0 Å². The van der Waals surface area contributed by atoms with E-state index in [-0.39, 0.29) is 0 Å². The predicted octanol–water partition coefficient (Wildman–Crippen LogP) is 2.36. The Hall–Kier alpha value is -1.17. The molecule has 2 aromatic heterocycles. The van der Waals surface area contributed by atoms with Crippen molar-refractivity contribution in [3.63, 3.8) is 0 Å². The van der Waals surface area contributed by atoms with E-state index in [9.17, 15) is 0 Å². The lowest BCUT2D eigenvalue weighted by atomic mass is 10.1. The van der Waals surface area contributed by atoms with Crippen molar-refractivity contribution < 1.29 is 0 Å². The summed E-state index contributed by atoms with van der Waals surface area (Å²) in [6.45, 7) is 7.93. The highest BCUT2D eigenvalue weighted by Crippen LogP contribution is 2.23. The summed E-state index contributed by atoms with van der Waals surface area (Å²) in [6, 6.07) is 2.79. The molecule has 0 bridgehead atoms. The molecular weight excluding hydrogens is 268 g/mol. The monoisotopic (exact) mass is 290 g/mol. The zero-order valence-corrected chi connectivity index (χ0v) is 13.0. The van der Waals surface area contributed by atoms with E-state index >= 15 is 0 Å². The fourth-order valence-electron chi connectivity index (χ4n) is 2.84. The van der Waals surface area contributed by atoms with Crippen LogP contribution >= 0.6 is 11.3 Å². The maximum atomic E-state index is 4.24. The normalized spacial score (nSPS) is 19.3. The van der Waals surface area contributed by atoms with Gasteiger partial charge in [-0.1, -0.05) is 0 Å². The van der Waals surface area contributed by atoms with Crippen LogP contribution in [-0.4, -0.2) is 45.8 Å². The number of aromatic nitrogens is 2. The van der Waals surface area contributed by atoms with Crippen molar-refractivity contribution in [2.45, 2.75) is 19.5 Å². The Bertz CT molecular complexity index is 526. The lowest BCUT2D eigenvalue weighted by molar-refractivity contribution is 0.0980. The van der Waals surface area contributed by atoms with Gasteiger partial charge in [0, 0.05) is 57.6 Å². The minimum absolute atomic E-state index is 0.543. The Kier molecular flexibility index (Phi) is 4.19. The highest BCUT2D eigenvalue weighted by atomic mass is 32.1. The number of thiophene rings is 1. The van der Waals surface area contributed by atoms with Gasteiger partial charge in [0.2, 0.25) is 0 Å². The van der Waals surface area contributed by atoms with E-state index in [1.807, 2.05) is 17.9 Å². The van der Waals surface area contributed by atoms with Crippen LogP contribution < -0.4 is 0 Å². The number of piperazine rings is 1. The Morgan fingerprint density at radius 3 is 2.70 bits per heavy atom. The van der Waals surface area contributed by atoms with Crippen molar-refractivity contribution in [1.29, 1.82) is 0 Å². The van der Waals surface area contributed by atoms with Crippen LogP contribution in [0.25, 0.3) is 0 Å². The van der Waals surface area contributed by atoms with Gasteiger partial charge in [-0.05, 0) is 29.3 Å². The van der Waals surface area contributed by atoms with E-state index in [1.54, 1.807) is 11.3 Å². The molecule has 1 aliphatic heterocycles. The van der Waals surface area contributed by atoms with Crippen molar-refractivity contribution in [3.05, 3.63) is 40.3 Å². The van der Waals surface area contributed by atoms with E-state index in [0.29, 0.717) is 6.04 Å². The smallest absolute Gasteiger partial charge is 0.0534 e. The third-order valence-electron chi connectivity index (χ3n) is 4.14. The predicted molar refractivity (Wildman–Crippen MR) is 82.8 cm³/mol. The van der Waals surface area contributed by atoms with Gasteiger partial charge in [0.1, 0.15) is 0 Å². The van der Waals surface area contributed by atoms with Gasteiger partial charge in [0.25, 0.3) is 0 Å². The first-order chi connectivity index (χ1) is 9.72. The van der Waals surface area contributed by atoms with Gasteiger partial charge in [-0.3, -0.25) is 14.5 Å². The average Bonchev–Trinajstić information content (AvgIpc) is 3.11. The van der Waals surface area contributed by atoms with Gasteiger partial charge < -0.3 is 0 Å². The first-order valence-corrected chi connectivity index (χ1v) is 8.12. The third kappa shape index (κ3) is 3.11. The largest absolute Gasteiger partial charge is 0.296 e. The fourth-order valence-corrected chi connectivity index (χ4v) is 3.59. The molecule has 0 N–H and O–H groups in total. The molecule has 2 aromatic rings. The second-order valence-corrected chi connectivity index (χ2v) is 6.35. The van der Waals surface area contributed by atoms with E-state index in [2.05, 4.69) is 44.8 Å². The first-order valence-electron chi connectivity index (χ1n) is 7.18. The summed E-state index contributed by atoms with van der Waals surface area (Å²) in [5.74, 6) is 0. The maximum Gasteiger partial charge on any atom is 0.0534 e. The van der Waals surface area contributed by atoms with Gasteiger partial charge >= 0.3 is 0 Å². The Labute approximate surface area is 124 Å². The molecule has 1 fully saturated rings. The Balaban J connectivity index is 1.52. The van der Waals surface area contributed by atoms with Crippen LogP contribution in [0.15, 0.2) is 29.2 Å². The zero-order valence-electron chi connectivity index (χ0n) is 12.2. The molecule has 5 heteroatoms. The summed E-state index contributed by atoms with van der Waals surface area (Å²) in [5, 5.41) is 8.68. The van der Waals surface area contributed by atoms with E-state index in [4.69, 9.17) is 0 Å². The second-order valence-electron chi connectivity index (χ2n) is 5.57. The highest BCUT2D eigenvalue weighted by Gasteiger charge is 2.22. The number of aryl methyl sites for hydroxylation is 1. The van der Waals surface area contributed by atoms with E-state index < -0.39 is 0 Å². The number of nitrogens with zero attached hydrogens (tertiary/aromatic N) is 4. The van der Waals surface area contributed by atoms with Crippen LogP contribution in [0.3, 0.4) is 0 Å². The number of hydrogen-bond donors (Lipinski definition) is 0. The molecular formula is C15H22N4S. The molecule has 0 amide bonds. The minimum Gasteiger partial charge on any atom is -0.296 e. The molecule has 108 valence electrons. The molecule has 3 heterocycles. The van der Waals surface area contributed by atoms with Crippen molar-refractivity contribution in [2.24, 2.45) is 7.05 Å². The molecule has 1 atom stereocenters. The van der Waals surface area contributed by atoms with Gasteiger partial charge in [0.05, 0.1) is 6.20 Å². The molecule has 1 aliphatic rings. The molecule has 1 saturated heterocycles. The molecule has 0 aliphatic carbocycles. The van der Waals surface area contributed by atoms with Crippen LogP contribution in [0.5, 0.6) is 0 Å². The topological polar surface area (TPSA) is 24.3 Å². The average molecular weight is 290 g/mol. The molecule has 20 heavy (non-hydrogen) atoms. The number of hydrogen-bond acceptors (Lipinski definition) is 4. The van der Waals surface area contributed by atoms with Gasteiger partial charge in [-0.25, -0.2) is 0 Å². The van der Waals surface area contributed by atoms with Gasteiger partial charge in [-0.15, -0.1) is 0 Å². The van der Waals surface area contributed by atoms with Crippen LogP contribution in [0.1, 0.15) is 24.1 Å². The van der Waals surface area contributed by atoms with Crippen LogP contribution in [0, 0.1) is 0 Å². The van der Waals surface area contributed by atoms with Crippen molar-refractivity contribution >= 4 is 11.3 Å². The summed E-state index contributed by atoms with van der Waals surface area (Å²) < 4.78 is 1.88. The summed E-state index contributed by atoms with van der Waals surface area (Å²) >= 11 is 1.79. The molecule has 0 unspecified atom stereocenters. The van der Waals surface area contributed by atoms with Crippen LogP contribution in [0.2, 0.25) is 0 Å². The first kappa shape index (κ1) is 13.8. The summed E-state index contributed by atoms with van der Waals surface area (Å²) in [4.78, 5) is 5.11. The Morgan fingerprint density at radius 1 is 1.30 bits per heavy atom. The van der Waals surface area contributed by atoms with Gasteiger partial charge in [0.15, 0.2) is 0 Å². The maximum absolute atomic E-state index is 4.24. The molecule has 0 saturated carbocycles. The summed E-state index contributed by atoms with van der Waals surface area (Å²) in [5.41, 5.74) is 2.77. The molecule has 0 aromatic carbocycles.